The number of fused-ring (bicyclic) bond motifs is 1. The summed E-state index contributed by atoms with van der Waals surface area (Å²) in [7, 11) is 1.30. The molecule has 0 fully saturated rings. The molecule has 33 heavy (non-hydrogen) atoms. The number of nitrogens with one attached hydrogen (secondary N) is 1. The molecule has 0 aliphatic rings. The first-order chi connectivity index (χ1) is 15.9. The summed E-state index contributed by atoms with van der Waals surface area (Å²) in [6.45, 7) is 0.396. The number of phenolic OH excluding ortho intramolecular Hbond substituents is 1. The average Bonchev–Trinajstić information content (AvgIpc) is 3.42. The topological polar surface area (TPSA) is 106 Å². The number of esters is 1. The number of rotatable bonds is 6. The normalized spacial score (nSPS) is 11.2. The van der Waals surface area contributed by atoms with Crippen molar-refractivity contribution in [2.24, 2.45) is 5.10 Å². The second-order valence-corrected chi connectivity index (χ2v) is 8.68. The minimum Gasteiger partial charge on any atom is -0.506 e. The van der Waals surface area contributed by atoms with Crippen LogP contribution in [0.1, 0.15) is 32.2 Å². The quantitative estimate of drug-likeness (QED) is 0.190. The Bertz CT molecular complexity index is 1370. The molecule has 2 aromatic heterocycles. The zero-order valence-corrected chi connectivity index (χ0v) is 20.4. The van der Waals surface area contributed by atoms with Gasteiger partial charge in [-0.25, -0.2) is 10.2 Å². The number of ether oxygens (including phenoxy) is 1. The van der Waals surface area contributed by atoms with E-state index in [1.54, 1.807) is 18.3 Å². The highest BCUT2D eigenvalue weighted by molar-refractivity contribution is 9.11. The highest BCUT2D eigenvalue weighted by Crippen LogP contribution is 2.33. The van der Waals surface area contributed by atoms with Crippen molar-refractivity contribution in [2.45, 2.75) is 6.54 Å². The second kappa shape index (κ2) is 9.63. The number of hydrogen-bond donors (Lipinski definition) is 2. The summed E-state index contributed by atoms with van der Waals surface area (Å²) in [6.07, 6.45) is 3.44. The first-order valence-corrected chi connectivity index (χ1v) is 11.2. The molecule has 10 heteroatoms. The number of benzene rings is 2. The van der Waals surface area contributed by atoms with Gasteiger partial charge >= 0.3 is 5.97 Å². The molecule has 0 aliphatic carbocycles. The van der Waals surface area contributed by atoms with E-state index in [-0.39, 0.29) is 11.5 Å². The summed E-state index contributed by atoms with van der Waals surface area (Å²) in [4.78, 5) is 24.1. The Kier molecular flexibility index (Phi) is 6.66. The molecule has 0 bridgehead atoms. The summed E-state index contributed by atoms with van der Waals surface area (Å²) < 4.78 is 13.0. The van der Waals surface area contributed by atoms with E-state index in [1.165, 1.54) is 19.2 Å². The van der Waals surface area contributed by atoms with Crippen molar-refractivity contribution < 1.29 is 23.8 Å². The van der Waals surface area contributed by atoms with Crippen LogP contribution >= 0.6 is 31.9 Å². The van der Waals surface area contributed by atoms with Crippen LogP contribution < -0.4 is 5.43 Å². The van der Waals surface area contributed by atoms with Gasteiger partial charge in [0.05, 0.1) is 28.8 Å². The molecule has 4 aromatic rings. The maximum atomic E-state index is 12.4. The van der Waals surface area contributed by atoms with Crippen LogP contribution in [0.2, 0.25) is 0 Å². The SMILES string of the molecule is COC(=O)c1ccc(Cn2cc(/C=N\NC(=O)c3cc(Br)c(O)c(Br)c3)c3ccccc32)o1. The second-order valence-electron chi connectivity index (χ2n) is 6.97. The van der Waals surface area contributed by atoms with Crippen LogP contribution in [0.3, 0.4) is 0 Å². The van der Waals surface area contributed by atoms with Crippen LogP contribution in [0.15, 0.2) is 73.2 Å². The van der Waals surface area contributed by atoms with E-state index in [9.17, 15) is 14.7 Å². The summed E-state index contributed by atoms with van der Waals surface area (Å²) in [5, 5.41) is 14.8. The highest BCUT2D eigenvalue weighted by Gasteiger charge is 2.14. The number of aromatic hydroxyl groups is 1. The number of hydrogen-bond acceptors (Lipinski definition) is 6. The van der Waals surface area contributed by atoms with Gasteiger partial charge in [-0.3, -0.25) is 4.79 Å². The van der Waals surface area contributed by atoms with Gasteiger partial charge in [-0.05, 0) is 62.2 Å². The first-order valence-electron chi connectivity index (χ1n) is 9.63. The predicted molar refractivity (Wildman–Crippen MR) is 130 cm³/mol. The van der Waals surface area contributed by atoms with E-state index in [0.717, 1.165) is 16.5 Å². The molecule has 2 heterocycles. The van der Waals surface area contributed by atoms with E-state index in [4.69, 9.17) is 4.42 Å². The molecule has 0 saturated carbocycles. The third kappa shape index (κ3) is 4.86. The molecule has 0 unspecified atom stereocenters. The summed E-state index contributed by atoms with van der Waals surface area (Å²) >= 11 is 6.41. The molecule has 0 spiro atoms. The molecular weight excluding hydrogens is 558 g/mol. The molecule has 0 atom stereocenters. The number of amides is 1. The molecule has 1 amide bonds. The van der Waals surface area contributed by atoms with Crippen molar-refractivity contribution in [1.82, 2.24) is 9.99 Å². The van der Waals surface area contributed by atoms with Gasteiger partial charge in [0.15, 0.2) is 0 Å². The summed E-state index contributed by atoms with van der Waals surface area (Å²) in [5.74, 6) is -0.215. The van der Waals surface area contributed by atoms with Gasteiger partial charge < -0.3 is 18.8 Å². The highest BCUT2D eigenvalue weighted by atomic mass is 79.9. The van der Waals surface area contributed by atoms with Crippen LogP contribution in [0.4, 0.5) is 0 Å². The van der Waals surface area contributed by atoms with Crippen LogP contribution in [0.5, 0.6) is 5.75 Å². The number of methoxy groups -OCH3 is 1. The smallest absolute Gasteiger partial charge is 0.373 e. The molecule has 2 N–H and O–H groups in total. The Morgan fingerprint density at radius 1 is 1.18 bits per heavy atom. The van der Waals surface area contributed by atoms with Gasteiger partial charge in [0.25, 0.3) is 5.91 Å². The Hall–Kier alpha value is -3.37. The summed E-state index contributed by atoms with van der Waals surface area (Å²) in [5.41, 5.74) is 4.55. The fourth-order valence-electron chi connectivity index (χ4n) is 3.27. The number of phenols is 1. The minimum atomic E-state index is -0.533. The number of furan rings is 1. The fraction of sp³-hybridized carbons (Fsp3) is 0.0870. The number of aromatic nitrogens is 1. The number of halogens is 2. The number of carbonyl (C=O) groups is 2. The summed E-state index contributed by atoms with van der Waals surface area (Å²) in [6, 6.07) is 14.0. The lowest BCUT2D eigenvalue weighted by Gasteiger charge is -2.04. The van der Waals surface area contributed by atoms with Crippen molar-refractivity contribution >= 4 is 60.9 Å². The van der Waals surface area contributed by atoms with Crippen LogP contribution in [-0.4, -0.2) is 34.9 Å². The molecule has 4 rings (SSSR count). The Morgan fingerprint density at radius 3 is 2.64 bits per heavy atom. The van der Waals surface area contributed by atoms with Gasteiger partial charge in [-0.15, -0.1) is 0 Å². The lowest BCUT2D eigenvalue weighted by Crippen LogP contribution is -2.17. The number of para-hydroxylation sites is 1. The van der Waals surface area contributed by atoms with Crippen molar-refractivity contribution in [2.75, 3.05) is 7.11 Å². The van der Waals surface area contributed by atoms with E-state index < -0.39 is 11.9 Å². The lowest BCUT2D eigenvalue weighted by molar-refractivity contribution is 0.0562. The predicted octanol–water partition coefficient (Wildman–Crippen LogP) is 5.06. The van der Waals surface area contributed by atoms with Gasteiger partial charge in [0.1, 0.15) is 11.5 Å². The molecule has 0 saturated heterocycles. The average molecular weight is 575 g/mol. The zero-order valence-electron chi connectivity index (χ0n) is 17.2. The van der Waals surface area contributed by atoms with Crippen molar-refractivity contribution in [1.29, 1.82) is 0 Å². The van der Waals surface area contributed by atoms with E-state index in [0.29, 0.717) is 26.8 Å². The number of carbonyl (C=O) groups excluding carboxylic acids is 2. The van der Waals surface area contributed by atoms with Crippen molar-refractivity contribution in [3.8, 4) is 5.75 Å². The molecule has 2 aromatic carbocycles. The van der Waals surface area contributed by atoms with Crippen molar-refractivity contribution in [3.05, 3.63) is 86.3 Å². The molecule has 168 valence electrons. The van der Waals surface area contributed by atoms with Crippen LogP contribution in [0.25, 0.3) is 10.9 Å². The Labute approximate surface area is 205 Å². The third-order valence-corrected chi connectivity index (χ3v) is 6.05. The Morgan fingerprint density at radius 2 is 1.91 bits per heavy atom. The van der Waals surface area contributed by atoms with E-state index in [1.807, 2.05) is 35.0 Å². The molecule has 0 radical (unpaired) electrons. The molecule has 8 nitrogen and oxygen atoms in total. The largest absolute Gasteiger partial charge is 0.506 e. The minimum absolute atomic E-state index is 0.0122. The van der Waals surface area contributed by atoms with E-state index >= 15 is 0 Å². The van der Waals surface area contributed by atoms with Crippen LogP contribution in [-0.2, 0) is 11.3 Å². The van der Waals surface area contributed by atoms with Gasteiger partial charge in [0.2, 0.25) is 5.76 Å². The van der Waals surface area contributed by atoms with Crippen LogP contribution in [0, 0.1) is 0 Å². The maximum Gasteiger partial charge on any atom is 0.373 e. The third-order valence-electron chi connectivity index (χ3n) is 4.84. The zero-order chi connectivity index (χ0) is 23.5. The maximum absolute atomic E-state index is 12.4. The fourth-order valence-corrected chi connectivity index (χ4v) is 4.46. The standard InChI is InChI=1S/C23H17Br2N3O5/c1-32-23(31)20-7-6-15(33-20)12-28-11-14(16-4-2-3-5-19(16)28)10-26-27-22(30)13-8-17(24)21(29)18(25)9-13/h2-11,29H,12H2,1H3,(H,27,30)/b26-10-. The Balaban J connectivity index is 1.55. The first kappa shape index (κ1) is 22.8. The molecule has 0 aliphatic heterocycles. The van der Waals surface area contributed by atoms with Gasteiger partial charge in [-0.1, -0.05) is 18.2 Å². The lowest BCUT2D eigenvalue weighted by atomic mass is 10.2. The van der Waals surface area contributed by atoms with Gasteiger partial charge in [-0.2, -0.15) is 5.10 Å². The van der Waals surface area contributed by atoms with E-state index in [2.05, 4.69) is 47.1 Å². The van der Waals surface area contributed by atoms with Crippen molar-refractivity contribution in [3.63, 3.8) is 0 Å². The number of nitrogens with zero attached hydrogens (tertiary/aromatic N) is 2. The monoisotopic (exact) mass is 573 g/mol. The molecular formula is C23H17Br2N3O5. The van der Waals surface area contributed by atoms with Gasteiger partial charge in [0, 0.05) is 28.2 Å². The number of hydrazone groups is 1.